The standard InChI is InChI=1S/C12H11N5O3/c1-6-7(2)16-17-12(14-6)15-10(18)9-8(11(19)20)4-3-5-13-9/h3-5H,1-2H3,(H,19,20)(H,14,15,17,18). The maximum absolute atomic E-state index is 12.0. The lowest BCUT2D eigenvalue weighted by Crippen LogP contribution is -2.20. The third-order valence-corrected chi connectivity index (χ3v) is 2.57. The van der Waals surface area contributed by atoms with E-state index < -0.39 is 11.9 Å². The highest BCUT2D eigenvalue weighted by atomic mass is 16.4. The molecule has 0 bridgehead atoms. The van der Waals surface area contributed by atoms with Gasteiger partial charge in [-0.05, 0) is 26.0 Å². The van der Waals surface area contributed by atoms with Gasteiger partial charge in [-0.15, -0.1) is 5.10 Å². The van der Waals surface area contributed by atoms with Gasteiger partial charge in [-0.25, -0.2) is 9.78 Å². The van der Waals surface area contributed by atoms with Crippen LogP contribution in [-0.2, 0) is 0 Å². The van der Waals surface area contributed by atoms with Crippen LogP contribution in [0.5, 0.6) is 0 Å². The van der Waals surface area contributed by atoms with Crippen LogP contribution < -0.4 is 5.32 Å². The molecule has 0 radical (unpaired) electrons. The average Bonchev–Trinajstić information content (AvgIpc) is 2.43. The van der Waals surface area contributed by atoms with Crippen molar-refractivity contribution in [2.45, 2.75) is 13.8 Å². The van der Waals surface area contributed by atoms with E-state index >= 15 is 0 Å². The lowest BCUT2D eigenvalue weighted by molar-refractivity contribution is 0.0691. The number of amides is 1. The largest absolute Gasteiger partial charge is 0.478 e. The van der Waals surface area contributed by atoms with Crippen molar-refractivity contribution >= 4 is 17.8 Å². The molecule has 0 aliphatic heterocycles. The fourth-order valence-corrected chi connectivity index (χ4v) is 1.43. The second kappa shape index (κ2) is 5.39. The van der Waals surface area contributed by atoms with Crippen molar-refractivity contribution in [1.82, 2.24) is 20.2 Å². The van der Waals surface area contributed by atoms with Crippen LogP contribution in [0, 0.1) is 13.8 Å². The summed E-state index contributed by atoms with van der Waals surface area (Å²) in [6.07, 6.45) is 1.33. The summed E-state index contributed by atoms with van der Waals surface area (Å²) in [5, 5.41) is 18.9. The Morgan fingerprint density at radius 2 is 1.95 bits per heavy atom. The van der Waals surface area contributed by atoms with E-state index in [0.29, 0.717) is 11.4 Å². The van der Waals surface area contributed by atoms with Crippen LogP contribution in [0.25, 0.3) is 0 Å². The van der Waals surface area contributed by atoms with Gasteiger partial charge in [0.15, 0.2) is 0 Å². The number of carbonyl (C=O) groups excluding carboxylic acids is 1. The predicted octanol–water partition coefficient (Wildman–Crippen LogP) is 0.834. The van der Waals surface area contributed by atoms with Gasteiger partial charge < -0.3 is 5.11 Å². The lowest BCUT2D eigenvalue weighted by Gasteiger charge is -2.06. The van der Waals surface area contributed by atoms with E-state index in [1.165, 1.54) is 18.3 Å². The molecule has 0 saturated heterocycles. The number of nitrogens with zero attached hydrogens (tertiary/aromatic N) is 4. The van der Waals surface area contributed by atoms with Crippen molar-refractivity contribution in [2.24, 2.45) is 0 Å². The van der Waals surface area contributed by atoms with Crippen LogP contribution in [0.3, 0.4) is 0 Å². The fourth-order valence-electron chi connectivity index (χ4n) is 1.43. The van der Waals surface area contributed by atoms with E-state index in [2.05, 4.69) is 25.5 Å². The Hall–Kier alpha value is -2.90. The van der Waals surface area contributed by atoms with Gasteiger partial charge in [0.25, 0.3) is 5.91 Å². The Bertz CT molecular complexity index is 687. The fraction of sp³-hybridized carbons (Fsp3) is 0.167. The van der Waals surface area contributed by atoms with Gasteiger partial charge >= 0.3 is 5.97 Å². The maximum atomic E-state index is 12.0. The summed E-state index contributed by atoms with van der Waals surface area (Å²) in [4.78, 5) is 30.8. The molecule has 1 amide bonds. The Balaban J connectivity index is 2.28. The number of aromatic nitrogens is 4. The van der Waals surface area contributed by atoms with E-state index in [-0.39, 0.29) is 17.2 Å². The van der Waals surface area contributed by atoms with Crippen LogP contribution in [0.4, 0.5) is 5.95 Å². The molecule has 8 nitrogen and oxygen atoms in total. The first-order valence-electron chi connectivity index (χ1n) is 5.66. The smallest absolute Gasteiger partial charge is 0.338 e. The Morgan fingerprint density at radius 3 is 2.60 bits per heavy atom. The maximum Gasteiger partial charge on any atom is 0.338 e. The average molecular weight is 273 g/mol. The molecular formula is C12H11N5O3. The molecule has 0 aliphatic rings. The molecule has 2 aromatic heterocycles. The highest BCUT2D eigenvalue weighted by Gasteiger charge is 2.18. The van der Waals surface area contributed by atoms with Crippen LogP contribution in [-0.4, -0.2) is 37.1 Å². The third kappa shape index (κ3) is 2.74. The van der Waals surface area contributed by atoms with E-state index in [9.17, 15) is 9.59 Å². The van der Waals surface area contributed by atoms with Crippen molar-refractivity contribution in [1.29, 1.82) is 0 Å². The number of carboxylic acids is 1. The molecule has 0 aromatic carbocycles. The third-order valence-electron chi connectivity index (χ3n) is 2.57. The number of aryl methyl sites for hydroxylation is 2. The van der Waals surface area contributed by atoms with Gasteiger partial charge in [0, 0.05) is 6.20 Å². The molecule has 0 fully saturated rings. The number of aromatic carboxylic acids is 1. The predicted molar refractivity (Wildman–Crippen MR) is 68.5 cm³/mol. The van der Waals surface area contributed by atoms with Crippen molar-refractivity contribution in [3.05, 3.63) is 41.0 Å². The summed E-state index contributed by atoms with van der Waals surface area (Å²) < 4.78 is 0. The van der Waals surface area contributed by atoms with Gasteiger partial charge in [-0.1, -0.05) is 0 Å². The monoisotopic (exact) mass is 273 g/mol. The minimum Gasteiger partial charge on any atom is -0.478 e. The van der Waals surface area contributed by atoms with Crippen LogP contribution in [0.1, 0.15) is 32.2 Å². The zero-order valence-electron chi connectivity index (χ0n) is 10.8. The molecule has 2 aromatic rings. The Morgan fingerprint density at radius 1 is 1.20 bits per heavy atom. The number of rotatable bonds is 3. The second-order valence-electron chi connectivity index (χ2n) is 3.97. The molecule has 0 atom stereocenters. The van der Waals surface area contributed by atoms with Crippen molar-refractivity contribution in [3.63, 3.8) is 0 Å². The van der Waals surface area contributed by atoms with Crippen LogP contribution in [0.2, 0.25) is 0 Å². The van der Waals surface area contributed by atoms with E-state index in [1.54, 1.807) is 13.8 Å². The molecule has 20 heavy (non-hydrogen) atoms. The van der Waals surface area contributed by atoms with Gasteiger partial charge in [-0.3, -0.25) is 15.1 Å². The lowest BCUT2D eigenvalue weighted by atomic mass is 10.2. The topological polar surface area (TPSA) is 118 Å². The molecule has 2 rings (SSSR count). The number of nitrogens with one attached hydrogen (secondary N) is 1. The molecular weight excluding hydrogens is 262 g/mol. The number of hydrogen-bond donors (Lipinski definition) is 2. The zero-order chi connectivity index (χ0) is 14.7. The quantitative estimate of drug-likeness (QED) is 0.850. The molecule has 102 valence electrons. The molecule has 0 aliphatic carbocycles. The summed E-state index contributed by atoms with van der Waals surface area (Å²) in [5.74, 6) is -1.93. The number of carboxylic acid groups (broad SMARTS) is 1. The zero-order valence-corrected chi connectivity index (χ0v) is 10.8. The van der Waals surface area contributed by atoms with Crippen molar-refractivity contribution < 1.29 is 14.7 Å². The van der Waals surface area contributed by atoms with E-state index in [1.807, 2.05) is 0 Å². The Labute approximate surface area is 113 Å². The number of hydrogen-bond acceptors (Lipinski definition) is 6. The molecule has 2 N–H and O–H groups in total. The first-order valence-corrected chi connectivity index (χ1v) is 5.66. The summed E-state index contributed by atoms with van der Waals surface area (Å²) in [6.45, 7) is 3.46. The molecule has 8 heteroatoms. The van der Waals surface area contributed by atoms with Gasteiger partial charge in [0.2, 0.25) is 5.95 Å². The number of carbonyl (C=O) groups is 2. The van der Waals surface area contributed by atoms with Crippen LogP contribution in [0.15, 0.2) is 18.3 Å². The summed E-state index contributed by atoms with van der Waals surface area (Å²) in [6, 6.07) is 2.73. The van der Waals surface area contributed by atoms with Gasteiger partial charge in [0.05, 0.1) is 17.0 Å². The summed E-state index contributed by atoms with van der Waals surface area (Å²) in [5.41, 5.74) is 0.866. The molecule has 2 heterocycles. The highest BCUT2D eigenvalue weighted by Crippen LogP contribution is 2.08. The summed E-state index contributed by atoms with van der Waals surface area (Å²) >= 11 is 0. The molecule has 0 saturated carbocycles. The number of pyridine rings is 1. The first kappa shape index (κ1) is 13.5. The van der Waals surface area contributed by atoms with E-state index in [4.69, 9.17) is 5.11 Å². The minimum atomic E-state index is -1.23. The van der Waals surface area contributed by atoms with Gasteiger partial charge in [0.1, 0.15) is 5.69 Å². The van der Waals surface area contributed by atoms with Crippen molar-refractivity contribution in [3.8, 4) is 0 Å². The minimum absolute atomic E-state index is 0.0000850. The van der Waals surface area contributed by atoms with Gasteiger partial charge in [-0.2, -0.15) is 5.10 Å². The van der Waals surface area contributed by atoms with Crippen molar-refractivity contribution in [2.75, 3.05) is 5.32 Å². The summed E-state index contributed by atoms with van der Waals surface area (Å²) in [7, 11) is 0. The first-order chi connectivity index (χ1) is 9.49. The highest BCUT2D eigenvalue weighted by molar-refractivity contribution is 6.08. The Kier molecular flexibility index (Phi) is 3.65. The molecule has 0 spiro atoms. The van der Waals surface area contributed by atoms with Crippen LogP contribution >= 0.6 is 0 Å². The normalized spacial score (nSPS) is 10.1. The van der Waals surface area contributed by atoms with E-state index in [0.717, 1.165) is 0 Å². The molecule has 0 unspecified atom stereocenters. The number of anilines is 1. The second-order valence-corrected chi connectivity index (χ2v) is 3.97. The SMILES string of the molecule is Cc1nnc(NC(=O)c2ncccc2C(=O)O)nc1C.